The molecular weight excluding hydrogens is 260 g/mol. The highest BCUT2D eigenvalue weighted by atomic mass is 16.5. The van der Waals surface area contributed by atoms with E-state index in [1.54, 1.807) is 7.11 Å². The Morgan fingerprint density at radius 3 is 2.86 bits per heavy atom. The molecule has 1 aromatic carbocycles. The van der Waals surface area contributed by atoms with E-state index in [0.717, 1.165) is 28.3 Å². The minimum Gasteiger partial charge on any atom is -0.496 e. The second-order valence-electron chi connectivity index (χ2n) is 6.17. The van der Waals surface area contributed by atoms with E-state index >= 15 is 0 Å². The van der Waals surface area contributed by atoms with Gasteiger partial charge >= 0.3 is 0 Å². The van der Waals surface area contributed by atoms with Crippen molar-refractivity contribution >= 4 is 16.6 Å². The van der Waals surface area contributed by atoms with Gasteiger partial charge in [0.25, 0.3) is 0 Å². The molecule has 0 amide bonds. The van der Waals surface area contributed by atoms with Crippen LogP contribution in [0.3, 0.4) is 0 Å². The van der Waals surface area contributed by atoms with Gasteiger partial charge in [0, 0.05) is 23.0 Å². The van der Waals surface area contributed by atoms with Crippen LogP contribution in [0.1, 0.15) is 39.0 Å². The Labute approximate surface area is 126 Å². The molecule has 0 radical (unpaired) electrons. The van der Waals surface area contributed by atoms with Crippen molar-refractivity contribution in [3.8, 4) is 5.75 Å². The third kappa shape index (κ3) is 3.12. The highest BCUT2D eigenvalue weighted by molar-refractivity contribution is 5.95. The van der Waals surface area contributed by atoms with Crippen molar-refractivity contribution in [2.24, 2.45) is 5.92 Å². The second kappa shape index (κ2) is 6.33. The summed E-state index contributed by atoms with van der Waals surface area (Å²) in [5, 5.41) is 5.94. The number of nitrogens with one attached hydrogen (secondary N) is 1. The highest BCUT2D eigenvalue weighted by Gasteiger charge is 2.17. The van der Waals surface area contributed by atoms with E-state index in [4.69, 9.17) is 4.74 Å². The summed E-state index contributed by atoms with van der Waals surface area (Å²) >= 11 is 0. The summed E-state index contributed by atoms with van der Waals surface area (Å²) in [6.07, 6.45) is 8.33. The van der Waals surface area contributed by atoms with Crippen LogP contribution in [0.25, 0.3) is 10.8 Å². The molecule has 1 fully saturated rings. The summed E-state index contributed by atoms with van der Waals surface area (Å²) < 4.78 is 5.45. The van der Waals surface area contributed by atoms with Crippen LogP contribution in [0.15, 0.2) is 30.5 Å². The molecule has 3 heteroatoms. The van der Waals surface area contributed by atoms with Gasteiger partial charge in [-0.15, -0.1) is 0 Å². The number of rotatable bonds is 3. The molecule has 0 saturated heterocycles. The highest BCUT2D eigenvalue weighted by Crippen LogP contribution is 2.31. The standard InChI is InChI=1S/C18H24N2O/c1-13-5-3-6-14(10-9-13)20-18-16-7-4-8-17(21-2)15(16)11-12-19-18/h4,7-8,11-14H,3,5-6,9-10H2,1-2H3,(H,19,20). The predicted molar refractivity (Wildman–Crippen MR) is 88.0 cm³/mol. The first-order valence-corrected chi connectivity index (χ1v) is 7.96. The fourth-order valence-electron chi connectivity index (χ4n) is 3.30. The number of nitrogens with zero attached hydrogens (tertiary/aromatic N) is 1. The third-order valence-electron chi connectivity index (χ3n) is 4.58. The van der Waals surface area contributed by atoms with Crippen molar-refractivity contribution in [3.63, 3.8) is 0 Å². The van der Waals surface area contributed by atoms with Gasteiger partial charge in [0.15, 0.2) is 0 Å². The maximum atomic E-state index is 5.45. The molecule has 1 aliphatic rings. The molecule has 2 atom stereocenters. The van der Waals surface area contributed by atoms with Crippen molar-refractivity contribution in [1.82, 2.24) is 4.98 Å². The Morgan fingerprint density at radius 1 is 1.10 bits per heavy atom. The lowest BCUT2D eigenvalue weighted by molar-refractivity contribution is 0.420. The quantitative estimate of drug-likeness (QED) is 0.835. The van der Waals surface area contributed by atoms with E-state index in [1.807, 2.05) is 24.4 Å². The fourth-order valence-corrected chi connectivity index (χ4v) is 3.30. The lowest BCUT2D eigenvalue weighted by Gasteiger charge is -2.18. The van der Waals surface area contributed by atoms with Gasteiger partial charge < -0.3 is 10.1 Å². The molecule has 1 aromatic heterocycles. The average molecular weight is 284 g/mol. The fraction of sp³-hybridized carbons (Fsp3) is 0.500. The van der Waals surface area contributed by atoms with Crippen LogP contribution in [-0.4, -0.2) is 18.1 Å². The number of hydrogen-bond donors (Lipinski definition) is 1. The Bertz CT molecular complexity index is 611. The van der Waals surface area contributed by atoms with Gasteiger partial charge in [0.2, 0.25) is 0 Å². The first-order valence-electron chi connectivity index (χ1n) is 7.96. The van der Waals surface area contributed by atoms with Crippen molar-refractivity contribution in [2.45, 2.75) is 45.1 Å². The maximum Gasteiger partial charge on any atom is 0.134 e. The number of ether oxygens (including phenoxy) is 1. The number of anilines is 1. The van der Waals surface area contributed by atoms with E-state index in [2.05, 4.69) is 23.3 Å². The molecule has 3 nitrogen and oxygen atoms in total. The first kappa shape index (κ1) is 14.2. The molecule has 0 bridgehead atoms. The molecular formula is C18H24N2O. The zero-order chi connectivity index (χ0) is 14.7. The van der Waals surface area contributed by atoms with Crippen molar-refractivity contribution < 1.29 is 4.74 Å². The van der Waals surface area contributed by atoms with E-state index in [-0.39, 0.29) is 0 Å². The number of methoxy groups -OCH3 is 1. The minimum atomic E-state index is 0.541. The molecule has 21 heavy (non-hydrogen) atoms. The average Bonchev–Trinajstić information content (AvgIpc) is 2.72. The lowest BCUT2D eigenvalue weighted by atomic mass is 10.0. The van der Waals surface area contributed by atoms with Crippen LogP contribution in [0, 0.1) is 5.92 Å². The van der Waals surface area contributed by atoms with Gasteiger partial charge in [-0.25, -0.2) is 4.98 Å². The van der Waals surface area contributed by atoms with Crippen LogP contribution in [0.4, 0.5) is 5.82 Å². The molecule has 3 rings (SSSR count). The van der Waals surface area contributed by atoms with E-state index in [1.165, 1.54) is 32.1 Å². The Morgan fingerprint density at radius 2 is 2.00 bits per heavy atom. The predicted octanol–water partition coefficient (Wildman–Crippen LogP) is 4.62. The van der Waals surface area contributed by atoms with Gasteiger partial charge in [-0.05, 0) is 37.3 Å². The normalized spacial score (nSPS) is 22.8. The molecule has 1 aliphatic carbocycles. The zero-order valence-corrected chi connectivity index (χ0v) is 12.9. The molecule has 1 saturated carbocycles. The third-order valence-corrected chi connectivity index (χ3v) is 4.58. The number of pyridine rings is 1. The van der Waals surface area contributed by atoms with Crippen molar-refractivity contribution in [1.29, 1.82) is 0 Å². The van der Waals surface area contributed by atoms with Crippen LogP contribution < -0.4 is 10.1 Å². The van der Waals surface area contributed by atoms with Crippen LogP contribution in [0.5, 0.6) is 5.75 Å². The molecule has 1 heterocycles. The molecule has 2 unspecified atom stereocenters. The molecule has 2 aromatic rings. The second-order valence-corrected chi connectivity index (χ2v) is 6.17. The minimum absolute atomic E-state index is 0.541. The van der Waals surface area contributed by atoms with Crippen LogP contribution >= 0.6 is 0 Å². The smallest absolute Gasteiger partial charge is 0.134 e. The molecule has 112 valence electrons. The van der Waals surface area contributed by atoms with Crippen molar-refractivity contribution in [2.75, 3.05) is 12.4 Å². The van der Waals surface area contributed by atoms with Gasteiger partial charge in [-0.3, -0.25) is 0 Å². The van der Waals surface area contributed by atoms with E-state index in [9.17, 15) is 0 Å². The van der Waals surface area contributed by atoms with Gasteiger partial charge in [-0.1, -0.05) is 31.9 Å². The Hall–Kier alpha value is -1.77. The van der Waals surface area contributed by atoms with Crippen molar-refractivity contribution in [3.05, 3.63) is 30.5 Å². The summed E-state index contributed by atoms with van der Waals surface area (Å²) in [6, 6.07) is 8.71. The lowest BCUT2D eigenvalue weighted by Crippen LogP contribution is -2.19. The number of aromatic nitrogens is 1. The summed E-state index contributed by atoms with van der Waals surface area (Å²) in [6.45, 7) is 2.36. The van der Waals surface area contributed by atoms with E-state index < -0.39 is 0 Å². The number of benzene rings is 1. The topological polar surface area (TPSA) is 34.1 Å². The molecule has 1 N–H and O–H groups in total. The number of hydrogen-bond acceptors (Lipinski definition) is 3. The summed E-state index contributed by atoms with van der Waals surface area (Å²) in [5.74, 6) is 2.76. The summed E-state index contributed by atoms with van der Waals surface area (Å²) in [7, 11) is 1.72. The summed E-state index contributed by atoms with van der Waals surface area (Å²) in [4.78, 5) is 4.56. The SMILES string of the molecule is COc1cccc2c(NC3CCCC(C)CC3)nccc12. The van der Waals surface area contributed by atoms with Gasteiger partial charge in [0.1, 0.15) is 11.6 Å². The van der Waals surface area contributed by atoms with Crippen LogP contribution in [-0.2, 0) is 0 Å². The van der Waals surface area contributed by atoms with Gasteiger partial charge in [-0.2, -0.15) is 0 Å². The Balaban J connectivity index is 1.87. The monoisotopic (exact) mass is 284 g/mol. The number of fused-ring (bicyclic) bond motifs is 1. The van der Waals surface area contributed by atoms with E-state index in [0.29, 0.717) is 6.04 Å². The molecule has 0 spiro atoms. The largest absolute Gasteiger partial charge is 0.496 e. The maximum absolute atomic E-state index is 5.45. The summed E-state index contributed by atoms with van der Waals surface area (Å²) in [5.41, 5.74) is 0. The molecule has 0 aliphatic heterocycles. The zero-order valence-electron chi connectivity index (χ0n) is 12.9. The van der Waals surface area contributed by atoms with Gasteiger partial charge in [0.05, 0.1) is 7.11 Å². The first-order chi connectivity index (χ1) is 10.3. The van der Waals surface area contributed by atoms with Crippen LogP contribution in [0.2, 0.25) is 0 Å². The Kier molecular flexibility index (Phi) is 4.28.